The lowest BCUT2D eigenvalue weighted by molar-refractivity contribution is 0.693. The predicted molar refractivity (Wildman–Crippen MR) is 121 cm³/mol. The molecule has 0 aromatic heterocycles. The van der Waals surface area contributed by atoms with Gasteiger partial charge in [-0.05, 0) is 48.9 Å². The Kier molecular flexibility index (Phi) is 4.83. The molecule has 4 heteroatoms. The maximum atomic E-state index is 5.23. The molecular formula is C24H30N3S+. The van der Waals surface area contributed by atoms with Crippen molar-refractivity contribution >= 4 is 27.2 Å². The van der Waals surface area contributed by atoms with E-state index in [1.807, 2.05) is 11.3 Å². The standard InChI is InChI=1S/C24H30N3S/c1-3-17-13-19(26-9-5-6-10-26)15-21-23(17)25-24-18(4-2)14-20(16-22(24)28-21)27-11-7-8-12-27/h13-16H,3-12H2,1-2H3/q+1. The van der Waals surface area contributed by atoms with Crippen molar-refractivity contribution in [2.45, 2.75) is 52.4 Å². The van der Waals surface area contributed by atoms with Gasteiger partial charge < -0.3 is 4.90 Å². The van der Waals surface area contributed by atoms with Gasteiger partial charge in [0.2, 0.25) is 5.36 Å². The minimum Gasteiger partial charge on any atom is -0.371 e. The fraction of sp³-hybridized carbons (Fsp3) is 0.500. The number of aromatic nitrogens is 1. The summed E-state index contributed by atoms with van der Waals surface area (Å²) in [6.07, 6.45) is 7.35. The van der Waals surface area contributed by atoms with E-state index in [2.05, 4.69) is 47.6 Å². The van der Waals surface area contributed by atoms with Crippen molar-refractivity contribution in [2.24, 2.45) is 0 Å². The minimum absolute atomic E-state index is 1.04. The van der Waals surface area contributed by atoms with Gasteiger partial charge >= 0.3 is 0 Å². The van der Waals surface area contributed by atoms with Crippen LogP contribution in [-0.2, 0) is 12.8 Å². The van der Waals surface area contributed by atoms with Crippen LogP contribution in [0.25, 0.3) is 20.8 Å². The average molecular weight is 393 g/mol. The molecule has 2 fully saturated rings. The second-order valence-electron chi connectivity index (χ2n) is 8.21. The fourth-order valence-electron chi connectivity index (χ4n) is 4.79. The zero-order valence-corrected chi connectivity index (χ0v) is 17.9. The summed E-state index contributed by atoms with van der Waals surface area (Å²) >= 11 is 1.94. The van der Waals surface area contributed by atoms with Gasteiger partial charge in [-0.2, -0.15) is 0 Å². The highest BCUT2D eigenvalue weighted by molar-refractivity contribution is 7.21. The molecule has 0 amide bonds. The molecule has 0 spiro atoms. The molecule has 1 aromatic carbocycles. The fourth-order valence-corrected chi connectivity index (χ4v) is 5.94. The van der Waals surface area contributed by atoms with Crippen molar-refractivity contribution < 1.29 is 0 Å². The molecule has 5 rings (SSSR count). The third kappa shape index (κ3) is 3.12. The normalized spacial score (nSPS) is 17.4. The smallest absolute Gasteiger partial charge is 0.201 e. The molecule has 0 saturated carbocycles. The van der Waals surface area contributed by atoms with Gasteiger partial charge in [0, 0.05) is 43.8 Å². The summed E-state index contributed by atoms with van der Waals surface area (Å²) in [7, 11) is 0. The molecule has 3 aliphatic heterocycles. The highest BCUT2D eigenvalue weighted by atomic mass is 32.1. The van der Waals surface area contributed by atoms with Crippen LogP contribution in [0.2, 0.25) is 0 Å². The van der Waals surface area contributed by atoms with Gasteiger partial charge in [0.1, 0.15) is 13.1 Å². The quantitative estimate of drug-likeness (QED) is 0.476. The summed E-state index contributed by atoms with van der Waals surface area (Å²) in [6, 6.07) is 9.57. The molecule has 3 nitrogen and oxygen atoms in total. The molecule has 146 valence electrons. The second-order valence-corrected chi connectivity index (χ2v) is 9.30. The number of hydrogen-bond acceptors (Lipinski definition) is 3. The van der Waals surface area contributed by atoms with Crippen LogP contribution in [0.15, 0.2) is 24.3 Å². The summed E-state index contributed by atoms with van der Waals surface area (Å²) in [6.45, 7) is 9.30. The van der Waals surface area contributed by atoms with E-state index < -0.39 is 0 Å². The van der Waals surface area contributed by atoms with Crippen molar-refractivity contribution in [1.82, 2.24) is 9.56 Å². The lowest BCUT2D eigenvalue weighted by atomic mass is 10.1. The van der Waals surface area contributed by atoms with E-state index in [0.29, 0.717) is 0 Å². The molecule has 4 aliphatic rings. The van der Waals surface area contributed by atoms with E-state index in [9.17, 15) is 0 Å². The van der Waals surface area contributed by atoms with Crippen LogP contribution in [0.5, 0.6) is 0 Å². The highest BCUT2D eigenvalue weighted by Gasteiger charge is 2.20. The van der Waals surface area contributed by atoms with Crippen molar-refractivity contribution in [1.29, 1.82) is 0 Å². The summed E-state index contributed by atoms with van der Waals surface area (Å²) in [4.78, 5) is 9.12. The third-order valence-electron chi connectivity index (χ3n) is 6.43. The summed E-state index contributed by atoms with van der Waals surface area (Å²) < 4.78 is 3.89. The lowest BCUT2D eigenvalue weighted by Crippen LogP contribution is -2.27. The molecule has 0 N–H and O–H groups in total. The maximum absolute atomic E-state index is 5.23. The predicted octanol–water partition coefficient (Wildman–Crippen LogP) is 4.69. The molecule has 0 atom stereocenters. The van der Waals surface area contributed by atoms with Crippen LogP contribution in [0.4, 0.5) is 5.69 Å². The number of fused-ring (bicyclic) bond motifs is 2. The van der Waals surface area contributed by atoms with Crippen molar-refractivity contribution in [2.75, 3.05) is 31.1 Å². The Bertz CT molecular complexity index is 1050. The van der Waals surface area contributed by atoms with E-state index in [1.165, 1.54) is 94.8 Å². The van der Waals surface area contributed by atoms with Crippen molar-refractivity contribution in [3.63, 3.8) is 0 Å². The molecular weight excluding hydrogens is 362 g/mol. The Morgan fingerprint density at radius 3 is 2.39 bits per heavy atom. The van der Waals surface area contributed by atoms with Crippen molar-refractivity contribution in [3.05, 3.63) is 40.7 Å². The van der Waals surface area contributed by atoms with E-state index in [0.717, 1.165) is 12.8 Å². The van der Waals surface area contributed by atoms with E-state index in [-0.39, 0.29) is 0 Å². The number of nitrogens with zero attached hydrogens (tertiary/aromatic N) is 3. The average Bonchev–Trinajstić information content (AvgIpc) is 3.44. The molecule has 0 radical (unpaired) electrons. The highest BCUT2D eigenvalue weighted by Crippen LogP contribution is 2.36. The van der Waals surface area contributed by atoms with Crippen LogP contribution in [-0.4, -0.2) is 31.2 Å². The van der Waals surface area contributed by atoms with Crippen LogP contribution in [0.1, 0.15) is 50.7 Å². The Labute approximate surface area is 171 Å². The Morgan fingerprint density at radius 2 is 1.68 bits per heavy atom. The summed E-state index contributed by atoms with van der Waals surface area (Å²) in [5, 5.41) is 1.39. The molecule has 3 heterocycles. The third-order valence-corrected chi connectivity index (χ3v) is 7.49. The van der Waals surface area contributed by atoms with Crippen LogP contribution in [0, 0.1) is 0 Å². The Hall–Kier alpha value is -1.94. The van der Waals surface area contributed by atoms with Gasteiger partial charge in [0.25, 0.3) is 0 Å². The molecule has 1 aliphatic carbocycles. The SMILES string of the molecule is CCc1cc(=[N+]2CCCC2)cc2sc3cc(N4CCCC4)cc(CC)c3nc1-2. The van der Waals surface area contributed by atoms with Gasteiger partial charge in [0.05, 0.1) is 20.8 Å². The molecule has 0 bridgehead atoms. The second kappa shape index (κ2) is 7.47. The van der Waals surface area contributed by atoms with Gasteiger partial charge in [-0.15, -0.1) is 11.3 Å². The first kappa shape index (κ1) is 18.1. The topological polar surface area (TPSA) is 19.1 Å². The molecule has 1 aromatic rings. The van der Waals surface area contributed by atoms with Crippen LogP contribution < -0.4 is 14.8 Å². The largest absolute Gasteiger partial charge is 0.371 e. The van der Waals surface area contributed by atoms with E-state index >= 15 is 0 Å². The minimum atomic E-state index is 1.04. The molecule has 0 unspecified atom stereocenters. The number of hydrogen-bond donors (Lipinski definition) is 0. The van der Waals surface area contributed by atoms with Gasteiger partial charge in [-0.25, -0.2) is 9.56 Å². The first-order chi connectivity index (χ1) is 13.8. The van der Waals surface area contributed by atoms with E-state index in [1.54, 1.807) is 0 Å². The van der Waals surface area contributed by atoms with Gasteiger partial charge in [-0.1, -0.05) is 13.8 Å². The van der Waals surface area contributed by atoms with Gasteiger partial charge in [-0.3, -0.25) is 0 Å². The van der Waals surface area contributed by atoms with E-state index in [4.69, 9.17) is 4.98 Å². The zero-order valence-electron chi connectivity index (χ0n) is 17.1. The van der Waals surface area contributed by atoms with Crippen molar-refractivity contribution in [3.8, 4) is 10.6 Å². The summed E-state index contributed by atoms with van der Waals surface area (Å²) in [5.41, 5.74) is 6.61. The first-order valence-corrected chi connectivity index (χ1v) is 11.8. The van der Waals surface area contributed by atoms with Crippen LogP contribution >= 0.6 is 11.3 Å². The number of aryl methyl sites for hydroxylation is 2. The van der Waals surface area contributed by atoms with Crippen LogP contribution in [0.3, 0.4) is 0 Å². The van der Waals surface area contributed by atoms with Gasteiger partial charge in [0.15, 0.2) is 0 Å². The zero-order chi connectivity index (χ0) is 19.1. The first-order valence-electron chi connectivity index (χ1n) is 11.0. The number of benzene rings is 2. The lowest BCUT2D eigenvalue weighted by Gasteiger charge is -2.20. The maximum Gasteiger partial charge on any atom is 0.201 e. The summed E-state index contributed by atoms with van der Waals surface area (Å²) in [5.74, 6) is 0. The Balaban J connectivity index is 1.76. The number of rotatable bonds is 3. The Morgan fingerprint density at radius 1 is 0.929 bits per heavy atom. The molecule has 2 saturated heterocycles. The number of anilines is 1. The molecule has 28 heavy (non-hydrogen) atoms. The monoisotopic (exact) mass is 392 g/mol.